The van der Waals surface area contributed by atoms with Crippen molar-refractivity contribution in [1.82, 2.24) is 4.98 Å². The molecular weight excluding hydrogens is 168 g/mol. The van der Waals surface area contributed by atoms with Crippen molar-refractivity contribution in [2.45, 2.75) is 6.42 Å². The molecule has 1 N–H and O–H groups in total. The summed E-state index contributed by atoms with van der Waals surface area (Å²) >= 11 is 0. The standard InChI is InChI=1S/C9H12N2O2/c1-11(2)8-3-4-10-7(5-8)6-9(12)13/h3-5H,6H2,1-2H3,(H,12,13). The first-order chi connectivity index (χ1) is 6.09. The minimum absolute atomic E-state index is 0.0261. The van der Waals surface area contributed by atoms with Crippen molar-refractivity contribution in [3.8, 4) is 0 Å². The molecule has 0 aliphatic carbocycles. The monoisotopic (exact) mass is 180 g/mol. The maximum atomic E-state index is 10.4. The van der Waals surface area contributed by atoms with Crippen LogP contribution in [0.4, 0.5) is 5.69 Å². The molecule has 0 amide bonds. The minimum atomic E-state index is -0.858. The van der Waals surface area contributed by atoms with Gasteiger partial charge in [0, 0.05) is 26.0 Å². The van der Waals surface area contributed by atoms with E-state index in [1.807, 2.05) is 25.1 Å². The fraction of sp³-hybridized carbons (Fsp3) is 0.333. The number of nitrogens with zero attached hydrogens (tertiary/aromatic N) is 2. The quantitative estimate of drug-likeness (QED) is 0.746. The number of rotatable bonds is 3. The van der Waals surface area contributed by atoms with Gasteiger partial charge in [-0.3, -0.25) is 9.78 Å². The van der Waals surface area contributed by atoms with E-state index >= 15 is 0 Å². The van der Waals surface area contributed by atoms with Gasteiger partial charge in [-0.1, -0.05) is 0 Å². The summed E-state index contributed by atoms with van der Waals surface area (Å²) in [5.74, 6) is -0.858. The average molecular weight is 180 g/mol. The van der Waals surface area contributed by atoms with Crippen LogP contribution in [0, 0.1) is 0 Å². The first-order valence-electron chi connectivity index (χ1n) is 3.93. The molecule has 0 atom stereocenters. The highest BCUT2D eigenvalue weighted by Gasteiger charge is 2.03. The van der Waals surface area contributed by atoms with E-state index in [4.69, 9.17) is 5.11 Å². The van der Waals surface area contributed by atoms with Crippen LogP contribution in [-0.4, -0.2) is 30.2 Å². The molecular formula is C9H12N2O2. The van der Waals surface area contributed by atoms with Gasteiger partial charge in [-0.15, -0.1) is 0 Å². The topological polar surface area (TPSA) is 53.4 Å². The lowest BCUT2D eigenvalue weighted by molar-refractivity contribution is -0.136. The van der Waals surface area contributed by atoms with Gasteiger partial charge in [-0.2, -0.15) is 0 Å². The van der Waals surface area contributed by atoms with Crippen LogP contribution in [0.15, 0.2) is 18.3 Å². The molecule has 0 unspecified atom stereocenters. The highest BCUT2D eigenvalue weighted by molar-refractivity contribution is 5.70. The molecule has 1 aromatic heterocycles. The molecule has 4 nitrogen and oxygen atoms in total. The van der Waals surface area contributed by atoms with Crippen molar-refractivity contribution in [3.05, 3.63) is 24.0 Å². The normalized spacial score (nSPS) is 9.69. The Morgan fingerprint density at radius 2 is 2.31 bits per heavy atom. The molecule has 0 radical (unpaired) electrons. The Kier molecular flexibility index (Phi) is 2.84. The lowest BCUT2D eigenvalue weighted by Gasteiger charge is -2.12. The maximum Gasteiger partial charge on any atom is 0.309 e. The molecule has 1 aromatic rings. The van der Waals surface area contributed by atoms with Crippen LogP contribution < -0.4 is 4.90 Å². The molecule has 0 aliphatic rings. The molecule has 0 bridgehead atoms. The zero-order chi connectivity index (χ0) is 9.84. The summed E-state index contributed by atoms with van der Waals surface area (Å²) < 4.78 is 0. The Bertz CT molecular complexity index is 310. The van der Waals surface area contributed by atoms with Crippen molar-refractivity contribution >= 4 is 11.7 Å². The Morgan fingerprint density at radius 1 is 1.62 bits per heavy atom. The van der Waals surface area contributed by atoms with Gasteiger partial charge < -0.3 is 10.0 Å². The maximum absolute atomic E-state index is 10.4. The number of aromatic nitrogens is 1. The summed E-state index contributed by atoms with van der Waals surface area (Å²) in [7, 11) is 3.81. The molecule has 70 valence electrons. The smallest absolute Gasteiger partial charge is 0.309 e. The first kappa shape index (κ1) is 9.51. The summed E-state index contributed by atoms with van der Waals surface area (Å²) in [6.07, 6.45) is 1.59. The number of hydrogen-bond acceptors (Lipinski definition) is 3. The predicted molar refractivity (Wildman–Crippen MR) is 49.9 cm³/mol. The average Bonchev–Trinajstić information content (AvgIpc) is 2.03. The van der Waals surface area contributed by atoms with Crippen LogP contribution in [0.1, 0.15) is 5.69 Å². The van der Waals surface area contributed by atoms with E-state index in [0.717, 1.165) is 5.69 Å². The number of anilines is 1. The summed E-state index contributed by atoms with van der Waals surface area (Å²) in [5, 5.41) is 8.54. The second-order valence-corrected chi connectivity index (χ2v) is 2.97. The molecule has 1 heterocycles. The summed E-state index contributed by atoms with van der Waals surface area (Å²) in [4.78, 5) is 16.3. The largest absolute Gasteiger partial charge is 0.481 e. The van der Waals surface area contributed by atoms with Crippen LogP contribution in [0.25, 0.3) is 0 Å². The van der Waals surface area contributed by atoms with Gasteiger partial charge in [0.1, 0.15) is 0 Å². The molecule has 0 aliphatic heterocycles. The van der Waals surface area contributed by atoms with Crippen LogP contribution in [0.2, 0.25) is 0 Å². The number of carboxylic acids is 1. The number of pyridine rings is 1. The molecule has 13 heavy (non-hydrogen) atoms. The lowest BCUT2D eigenvalue weighted by Crippen LogP contribution is -2.10. The predicted octanol–water partition coefficient (Wildman–Crippen LogP) is 0.775. The molecule has 0 fully saturated rings. The first-order valence-corrected chi connectivity index (χ1v) is 3.93. The van der Waals surface area contributed by atoms with Crippen molar-refractivity contribution in [2.24, 2.45) is 0 Å². The third kappa shape index (κ3) is 2.74. The van der Waals surface area contributed by atoms with Gasteiger partial charge in [0.2, 0.25) is 0 Å². The summed E-state index contributed by atoms with van der Waals surface area (Å²) in [5.41, 5.74) is 1.55. The van der Waals surface area contributed by atoms with E-state index in [2.05, 4.69) is 4.98 Å². The Labute approximate surface area is 76.8 Å². The molecule has 0 aromatic carbocycles. The summed E-state index contributed by atoms with van der Waals surface area (Å²) in [6.45, 7) is 0. The van der Waals surface area contributed by atoms with Crippen LogP contribution in [0.5, 0.6) is 0 Å². The molecule has 0 spiro atoms. The van der Waals surface area contributed by atoms with Crippen molar-refractivity contribution in [1.29, 1.82) is 0 Å². The van der Waals surface area contributed by atoms with E-state index in [9.17, 15) is 4.79 Å². The third-order valence-electron chi connectivity index (χ3n) is 1.65. The Balaban J connectivity index is 2.85. The molecule has 1 rings (SSSR count). The van der Waals surface area contributed by atoms with E-state index in [1.54, 1.807) is 12.3 Å². The second kappa shape index (κ2) is 3.89. The zero-order valence-corrected chi connectivity index (χ0v) is 7.69. The Hall–Kier alpha value is -1.58. The highest BCUT2D eigenvalue weighted by Crippen LogP contribution is 2.11. The van der Waals surface area contributed by atoms with Gasteiger partial charge >= 0.3 is 5.97 Å². The fourth-order valence-electron chi connectivity index (χ4n) is 0.995. The van der Waals surface area contributed by atoms with Gasteiger partial charge in [-0.05, 0) is 12.1 Å². The molecule has 4 heteroatoms. The van der Waals surface area contributed by atoms with Crippen molar-refractivity contribution < 1.29 is 9.90 Å². The van der Waals surface area contributed by atoms with Gasteiger partial charge in [0.05, 0.1) is 12.1 Å². The number of aliphatic carboxylic acids is 1. The van der Waals surface area contributed by atoms with Crippen LogP contribution >= 0.6 is 0 Å². The number of carbonyl (C=O) groups is 1. The number of carboxylic acid groups (broad SMARTS) is 1. The SMILES string of the molecule is CN(C)c1ccnc(CC(=O)O)c1. The van der Waals surface area contributed by atoms with E-state index in [0.29, 0.717) is 5.69 Å². The lowest BCUT2D eigenvalue weighted by atomic mass is 10.2. The zero-order valence-electron chi connectivity index (χ0n) is 7.69. The third-order valence-corrected chi connectivity index (χ3v) is 1.65. The van der Waals surface area contributed by atoms with E-state index in [1.165, 1.54) is 0 Å². The van der Waals surface area contributed by atoms with Gasteiger partial charge in [0.15, 0.2) is 0 Å². The van der Waals surface area contributed by atoms with Crippen LogP contribution in [0.3, 0.4) is 0 Å². The Morgan fingerprint density at radius 3 is 2.85 bits per heavy atom. The van der Waals surface area contributed by atoms with E-state index in [-0.39, 0.29) is 6.42 Å². The molecule has 0 saturated carbocycles. The van der Waals surface area contributed by atoms with Crippen LogP contribution in [-0.2, 0) is 11.2 Å². The minimum Gasteiger partial charge on any atom is -0.481 e. The fourth-order valence-corrected chi connectivity index (χ4v) is 0.995. The molecule has 0 saturated heterocycles. The second-order valence-electron chi connectivity index (χ2n) is 2.97. The number of hydrogen-bond donors (Lipinski definition) is 1. The summed E-state index contributed by atoms with van der Waals surface area (Å²) in [6, 6.07) is 3.61. The van der Waals surface area contributed by atoms with Crippen molar-refractivity contribution in [2.75, 3.05) is 19.0 Å². The van der Waals surface area contributed by atoms with Crippen molar-refractivity contribution in [3.63, 3.8) is 0 Å². The highest BCUT2D eigenvalue weighted by atomic mass is 16.4. The van der Waals surface area contributed by atoms with E-state index < -0.39 is 5.97 Å². The van der Waals surface area contributed by atoms with Gasteiger partial charge in [-0.25, -0.2) is 0 Å². The van der Waals surface area contributed by atoms with Gasteiger partial charge in [0.25, 0.3) is 0 Å².